The van der Waals surface area contributed by atoms with Crippen molar-refractivity contribution in [3.63, 3.8) is 0 Å². The molecule has 1 amide bonds. The number of amides is 1. The number of carbonyl (C=O) groups excluding carboxylic acids is 1. The number of hydrogen-bond acceptors (Lipinski definition) is 6. The lowest BCUT2D eigenvalue weighted by Crippen LogP contribution is -2.47. The van der Waals surface area contributed by atoms with Gasteiger partial charge in [0, 0.05) is 43.2 Å². The van der Waals surface area contributed by atoms with Gasteiger partial charge in [0.1, 0.15) is 11.4 Å². The van der Waals surface area contributed by atoms with Crippen molar-refractivity contribution in [1.82, 2.24) is 20.3 Å². The maximum absolute atomic E-state index is 12.2. The van der Waals surface area contributed by atoms with Gasteiger partial charge in [0.05, 0.1) is 12.3 Å². The monoisotopic (exact) mass is 429 g/mol. The molecule has 164 valence electrons. The highest BCUT2D eigenvalue weighted by Crippen LogP contribution is 2.41. The SMILES string of the molecule is CCNC(=O)c1ccnc(N2CCC3(CC2)OCCc2cnc(-c4ccccc4)nc23)c1. The molecule has 0 saturated carbocycles. The van der Waals surface area contributed by atoms with E-state index in [-0.39, 0.29) is 5.91 Å². The van der Waals surface area contributed by atoms with Crippen LogP contribution < -0.4 is 10.2 Å². The van der Waals surface area contributed by atoms with E-state index in [0.29, 0.717) is 18.7 Å². The minimum absolute atomic E-state index is 0.0701. The van der Waals surface area contributed by atoms with Gasteiger partial charge in [0.25, 0.3) is 5.91 Å². The van der Waals surface area contributed by atoms with E-state index in [9.17, 15) is 4.79 Å². The van der Waals surface area contributed by atoms with Crippen LogP contribution in [0.5, 0.6) is 0 Å². The van der Waals surface area contributed by atoms with Crippen LogP contribution in [0.2, 0.25) is 0 Å². The van der Waals surface area contributed by atoms with Crippen LogP contribution >= 0.6 is 0 Å². The predicted octanol–water partition coefficient (Wildman–Crippen LogP) is 3.36. The standard InChI is InChI=1S/C25H27N5O2/c1-2-26-24(31)19-8-12-27-21(16-19)30-13-10-25(11-14-30)22-20(9-15-32-25)17-28-23(29-22)18-6-4-3-5-7-18/h3-8,12,16-17H,2,9-11,13-15H2,1H3,(H,26,31). The molecule has 1 fully saturated rings. The number of hydrogen-bond donors (Lipinski definition) is 1. The highest BCUT2D eigenvalue weighted by atomic mass is 16.5. The summed E-state index contributed by atoms with van der Waals surface area (Å²) in [6, 6.07) is 13.7. The summed E-state index contributed by atoms with van der Waals surface area (Å²) in [6.07, 6.45) is 6.15. The molecule has 0 atom stereocenters. The third-order valence-electron chi connectivity index (χ3n) is 6.32. The second-order valence-corrected chi connectivity index (χ2v) is 8.28. The van der Waals surface area contributed by atoms with Gasteiger partial charge in [-0.3, -0.25) is 4.79 Å². The van der Waals surface area contributed by atoms with Crippen molar-refractivity contribution in [1.29, 1.82) is 0 Å². The van der Waals surface area contributed by atoms with Gasteiger partial charge in [-0.25, -0.2) is 15.0 Å². The van der Waals surface area contributed by atoms with Gasteiger partial charge in [-0.1, -0.05) is 30.3 Å². The molecule has 5 rings (SSSR count). The van der Waals surface area contributed by atoms with Gasteiger partial charge in [0.2, 0.25) is 0 Å². The zero-order chi connectivity index (χ0) is 22.0. The normalized spacial score (nSPS) is 17.1. The lowest BCUT2D eigenvalue weighted by molar-refractivity contribution is -0.0801. The van der Waals surface area contributed by atoms with Crippen molar-refractivity contribution in [3.8, 4) is 11.4 Å². The maximum atomic E-state index is 12.2. The Morgan fingerprint density at radius 2 is 1.97 bits per heavy atom. The van der Waals surface area contributed by atoms with E-state index in [4.69, 9.17) is 9.72 Å². The lowest BCUT2D eigenvalue weighted by atomic mass is 9.83. The van der Waals surface area contributed by atoms with Gasteiger partial charge in [-0.05, 0) is 43.9 Å². The zero-order valence-electron chi connectivity index (χ0n) is 18.3. The number of ether oxygens (including phenoxy) is 1. The fourth-order valence-corrected chi connectivity index (χ4v) is 4.61. The van der Waals surface area contributed by atoms with Gasteiger partial charge >= 0.3 is 0 Å². The summed E-state index contributed by atoms with van der Waals surface area (Å²) in [4.78, 5) is 28.6. The van der Waals surface area contributed by atoms with Gasteiger partial charge in [-0.2, -0.15) is 0 Å². The molecule has 4 heterocycles. The molecular weight excluding hydrogens is 402 g/mol. The number of fused-ring (bicyclic) bond motifs is 2. The van der Waals surface area contributed by atoms with E-state index in [1.165, 1.54) is 5.56 Å². The largest absolute Gasteiger partial charge is 0.368 e. The first-order valence-corrected chi connectivity index (χ1v) is 11.2. The molecule has 32 heavy (non-hydrogen) atoms. The summed E-state index contributed by atoms with van der Waals surface area (Å²) in [5, 5.41) is 2.85. The van der Waals surface area contributed by atoms with E-state index in [0.717, 1.165) is 55.3 Å². The molecule has 7 nitrogen and oxygen atoms in total. The first-order chi connectivity index (χ1) is 15.7. The van der Waals surface area contributed by atoms with Crippen LogP contribution in [-0.4, -0.2) is 47.1 Å². The van der Waals surface area contributed by atoms with Crippen molar-refractivity contribution in [2.75, 3.05) is 31.1 Å². The van der Waals surface area contributed by atoms with E-state index < -0.39 is 5.60 Å². The predicted molar refractivity (Wildman–Crippen MR) is 122 cm³/mol. The molecule has 2 aliphatic rings. The second kappa shape index (κ2) is 8.67. The first kappa shape index (κ1) is 20.6. The summed E-state index contributed by atoms with van der Waals surface area (Å²) in [6.45, 7) is 4.78. The van der Waals surface area contributed by atoms with Crippen LogP contribution in [0.3, 0.4) is 0 Å². The van der Waals surface area contributed by atoms with Gasteiger partial charge in [-0.15, -0.1) is 0 Å². The van der Waals surface area contributed by atoms with Crippen LogP contribution in [0, 0.1) is 0 Å². The summed E-state index contributed by atoms with van der Waals surface area (Å²) < 4.78 is 6.40. The van der Waals surface area contributed by atoms with Crippen molar-refractivity contribution >= 4 is 11.7 Å². The topological polar surface area (TPSA) is 80.2 Å². The Balaban J connectivity index is 1.38. The van der Waals surface area contributed by atoms with Gasteiger partial charge in [0.15, 0.2) is 5.82 Å². The van der Waals surface area contributed by atoms with Crippen LogP contribution in [-0.2, 0) is 16.8 Å². The molecule has 1 N–H and O–H groups in total. The third kappa shape index (κ3) is 3.84. The fourth-order valence-electron chi connectivity index (χ4n) is 4.61. The number of aromatic nitrogens is 3. The maximum Gasteiger partial charge on any atom is 0.251 e. The van der Waals surface area contributed by atoms with E-state index in [1.807, 2.05) is 49.5 Å². The number of nitrogens with one attached hydrogen (secondary N) is 1. The number of anilines is 1. The molecule has 1 aromatic carbocycles. The van der Waals surface area contributed by atoms with Crippen molar-refractivity contribution in [2.24, 2.45) is 0 Å². The van der Waals surface area contributed by atoms with Gasteiger partial charge < -0.3 is 15.0 Å². The Hall–Kier alpha value is -3.32. The van der Waals surface area contributed by atoms with Crippen molar-refractivity contribution in [2.45, 2.75) is 31.8 Å². The van der Waals surface area contributed by atoms with Crippen LogP contribution in [0.1, 0.15) is 41.4 Å². The quantitative estimate of drug-likeness (QED) is 0.685. The van der Waals surface area contributed by atoms with Crippen LogP contribution in [0.4, 0.5) is 5.82 Å². The molecule has 7 heteroatoms. The highest BCUT2D eigenvalue weighted by Gasteiger charge is 2.43. The third-order valence-corrected chi connectivity index (χ3v) is 6.32. The fraction of sp³-hybridized carbons (Fsp3) is 0.360. The molecule has 0 bridgehead atoms. The molecule has 0 aliphatic carbocycles. The first-order valence-electron chi connectivity index (χ1n) is 11.2. The average Bonchev–Trinajstić information content (AvgIpc) is 2.85. The Bertz CT molecular complexity index is 1110. The summed E-state index contributed by atoms with van der Waals surface area (Å²) in [5.41, 5.74) is 3.46. The Morgan fingerprint density at radius 3 is 2.75 bits per heavy atom. The molecule has 1 saturated heterocycles. The van der Waals surface area contributed by atoms with Crippen molar-refractivity contribution < 1.29 is 9.53 Å². The number of pyridine rings is 1. The van der Waals surface area contributed by atoms with Crippen molar-refractivity contribution in [3.05, 3.63) is 71.7 Å². The molecule has 2 aliphatic heterocycles. The second-order valence-electron chi connectivity index (χ2n) is 8.28. The molecule has 0 unspecified atom stereocenters. The highest BCUT2D eigenvalue weighted by molar-refractivity contribution is 5.94. The molecular formula is C25H27N5O2. The Morgan fingerprint density at radius 1 is 1.16 bits per heavy atom. The minimum Gasteiger partial charge on any atom is -0.368 e. The summed E-state index contributed by atoms with van der Waals surface area (Å²) in [7, 11) is 0. The zero-order valence-corrected chi connectivity index (χ0v) is 18.3. The molecule has 1 spiro atoms. The lowest BCUT2D eigenvalue weighted by Gasteiger charge is -2.44. The van der Waals surface area contributed by atoms with E-state index in [1.54, 1.807) is 12.3 Å². The number of nitrogens with zero attached hydrogens (tertiary/aromatic N) is 4. The smallest absolute Gasteiger partial charge is 0.251 e. The number of piperidine rings is 1. The van der Waals surface area contributed by atoms with Crippen LogP contribution in [0.25, 0.3) is 11.4 Å². The van der Waals surface area contributed by atoms with E-state index in [2.05, 4.69) is 20.2 Å². The molecule has 3 aromatic rings. The van der Waals surface area contributed by atoms with Crippen LogP contribution in [0.15, 0.2) is 54.9 Å². The average molecular weight is 430 g/mol. The molecule has 0 radical (unpaired) electrons. The molecule has 2 aromatic heterocycles. The number of benzene rings is 1. The minimum atomic E-state index is -0.395. The van der Waals surface area contributed by atoms with E-state index >= 15 is 0 Å². The summed E-state index contributed by atoms with van der Waals surface area (Å²) in [5.74, 6) is 1.50. The Labute approximate surface area is 187 Å². The number of rotatable bonds is 4. The number of carbonyl (C=O) groups is 1. The Kier molecular flexibility index (Phi) is 5.57. The summed E-state index contributed by atoms with van der Waals surface area (Å²) >= 11 is 0.